The molecule has 1 aromatic carbocycles. The van der Waals surface area contributed by atoms with E-state index in [9.17, 15) is 4.79 Å². The molecule has 0 saturated carbocycles. The van der Waals surface area contributed by atoms with E-state index < -0.39 is 0 Å². The number of carbonyl (C=O) groups is 1. The van der Waals surface area contributed by atoms with E-state index in [1.165, 1.54) is 11.1 Å². The van der Waals surface area contributed by atoms with Crippen LogP contribution in [0.4, 0.5) is 0 Å². The number of benzene rings is 1. The molecule has 27 heavy (non-hydrogen) atoms. The van der Waals surface area contributed by atoms with Gasteiger partial charge in [-0.25, -0.2) is 4.98 Å². The predicted molar refractivity (Wildman–Crippen MR) is 112 cm³/mol. The van der Waals surface area contributed by atoms with Crippen LogP contribution in [0.3, 0.4) is 0 Å². The zero-order valence-corrected chi connectivity index (χ0v) is 18.2. The second kappa shape index (κ2) is 9.88. The number of thiazole rings is 1. The van der Waals surface area contributed by atoms with Gasteiger partial charge in [0.2, 0.25) is 5.91 Å². The van der Waals surface area contributed by atoms with E-state index in [4.69, 9.17) is 4.74 Å². The minimum Gasteiger partial charge on any atom is -0.486 e. The number of nitrogens with zero attached hydrogens (tertiary/aromatic N) is 2. The summed E-state index contributed by atoms with van der Waals surface area (Å²) in [5.41, 5.74) is 3.42. The lowest BCUT2D eigenvalue weighted by Gasteiger charge is -2.28. The van der Waals surface area contributed by atoms with Crippen LogP contribution in [0.5, 0.6) is 5.75 Å². The third-order valence-electron chi connectivity index (χ3n) is 4.80. The molecule has 1 heterocycles. The Labute approximate surface area is 167 Å². The molecule has 2 rings (SSSR count). The summed E-state index contributed by atoms with van der Waals surface area (Å²) in [5, 5.41) is 2.97. The van der Waals surface area contributed by atoms with E-state index in [2.05, 4.69) is 58.7 Å². The molecule has 1 atom stereocenters. The number of hydrogen-bond acceptors (Lipinski definition) is 4. The van der Waals surface area contributed by atoms with Gasteiger partial charge in [0.25, 0.3) is 0 Å². The molecule has 0 fully saturated rings. The van der Waals surface area contributed by atoms with Gasteiger partial charge in [-0.1, -0.05) is 26.8 Å². The van der Waals surface area contributed by atoms with Gasteiger partial charge >= 0.3 is 0 Å². The molecule has 2 aromatic rings. The van der Waals surface area contributed by atoms with Crippen molar-refractivity contribution in [3.8, 4) is 5.75 Å². The lowest BCUT2D eigenvalue weighted by atomic mass is 10.1. The highest BCUT2D eigenvalue weighted by atomic mass is 32.1. The third-order valence-corrected chi connectivity index (χ3v) is 5.67. The molecule has 0 bridgehead atoms. The van der Waals surface area contributed by atoms with Gasteiger partial charge in [-0.15, -0.1) is 11.3 Å². The van der Waals surface area contributed by atoms with Crippen LogP contribution in [0.25, 0.3) is 0 Å². The van der Waals surface area contributed by atoms with E-state index in [1.54, 1.807) is 11.3 Å². The Balaban J connectivity index is 1.99. The standard InChI is InChI=1S/C22H32N2O2S/c1-7-18(6)24(22(25)10-15(2)3)12-19-14-27-21(23-19)13-26-20-9-8-16(4)17(5)11-20/h8-9,11,14-15,18H,7,10,12-13H2,1-6H3/t18-/m0/s1. The maximum absolute atomic E-state index is 12.6. The largest absolute Gasteiger partial charge is 0.486 e. The molecule has 0 spiro atoms. The molecule has 148 valence electrons. The summed E-state index contributed by atoms with van der Waals surface area (Å²) in [4.78, 5) is 19.3. The second-order valence-electron chi connectivity index (χ2n) is 7.64. The summed E-state index contributed by atoms with van der Waals surface area (Å²) in [6.45, 7) is 13.6. The smallest absolute Gasteiger partial charge is 0.223 e. The van der Waals surface area contributed by atoms with Crippen molar-refractivity contribution in [3.05, 3.63) is 45.4 Å². The lowest BCUT2D eigenvalue weighted by Crippen LogP contribution is -2.38. The van der Waals surface area contributed by atoms with Crippen LogP contribution in [-0.4, -0.2) is 21.8 Å². The summed E-state index contributed by atoms with van der Waals surface area (Å²) in [6.07, 6.45) is 1.52. The van der Waals surface area contributed by atoms with Crippen molar-refractivity contribution in [3.63, 3.8) is 0 Å². The Bertz CT molecular complexity index is 755. The fourth-order valence-corrected chi connectivity index (χ4v) is 3.48. The molecule has 0 aliphatic carbocycles. The van der Waals surface area contributed by atoms with Crippen LogP contribution in [0.1, 0.15) is 62.4 Å². The van der Waals surface area contributed by atoms with E-state index in [0.29, 0.717) is 25.5 Å². The van der Waals surface area contributed by atoms with Gasteiger partial charge in [-0.05, 0) is 56.4 Å². The molecule has 4 nitrogen and oxygen atoms in total. The summed E-state index contributed by atoms with van der Waals surface area (Å²) < 4.78 is 5.88. The molecular formula is C22H32N2O2S. The number of aromatic nitrogens is 1. The fraction of sp³-hybridized carbons (Fsp3) is 0.545. The molecule has 1 amide bonds. The van der Waals surface area contributed by atoms with Crippen molar-refractivity contribution in [1.29, 1.82) is 0 Å². The Hall–Kier alpha value is -1.88. The number of rotatable bonds is 9. The first-order valence-electron chi connectivity index (χ1n) is 9.73. The summed E-state index contributed by atoms with van der Waals surface area (Å²) in [6, 6.07) is 6.33. The molecule has 0 N–H and O–H groups in total. The van der Waals surface area contributed by atoms with Crippen molar-refractivity contribution in [2.45, 2.75) is 73.6 Å². The molecule has 5 heteroatoms. The highest BCUT2D eigenvalue weighted by Gasteiger charge is 2.21. The number of aryl methyl sites for hydroxylation is 2. The van der Waals surface area contributed by atoms with E-state index >= 15 is 0 Å². The van der Waals surface area contributed by atoms with Gasteiger partial charge in [0.05, 0.1) is 12.2 Å². The highest BCUT2D eigenvalue weighted by molar-refractivity contribution is 7.09. The molecule has 0 aliphatic rings. The zero-order chi connectivity index (χ0) is 20.0. The van der Waals surface area contributed by atoms with Crippen molar-refractivity contribution in [1.82, 2.24) is 9.88 Å². The monoisotopic (exact) mass is 388 g/mol. The lowest BCUT2D eigenvalue weighted by molar-refractivity contribution is -0.134. The molecule has 0 saturated heterocycles. The Kier molecular flexibility index (Phi) is 7.84. The van der Waals surface area contributed by atoms with Crippen LogP contribution >= 0.6 is 11.3 Å². The first-order valence-corrected chi connectivity index (χ1v) is 10.6. The van der Waals surface area contributed by atoms with E-state index in [1.807, 2.05) is 16.3 Å². The number of ether oxygens (including phenoxy) is 1. The Morgan fingerprint density at radius 2 is 1.96 bits per heavy atom. The highest BCUT2D eigenvalue weighted by Crippen LogP contribution is 2.20. The minimum absolute atomic E-state index is 0.209. The number of hydrogen-bond donors (Lipinski definition) is 0. The van der Waals surface area contributed by atoms with E-state index in [0.717, 1.165) is 22.9 Å². The van der Waals surface area contributed by atoms with Crippen LogP contribution in [-0.2, 0) is 17.9 Å². The quantitative estimate of drug-likeness (QED) is 0.568. The average molecular weight is 389 g/mol. The Morgan fingerprint density at radius 3 is 2.59 bits per heavy atom. The first-order chi connectivity index (χ1) is 12.8. The van der Waals surface area contributed by atoms with Crippen molar-refractivity contribution < 1.29 is 9.53 Å². The fourth-order valence-electron chi connectivity index (χ4n) is 2.79. The second-order valence-corrected chi connectivity index (χ2v) is 8.59. The molecule has 0 radical (unpaired) electrons. The van der Waals surface area contributed by atoms with Crippen molar-refractivity contribution in [2.24, 2.45) is 5.92 Å². The van der Waals surface area contributed by atoms with Crippen molar-refractivity contribution in [2.75, 3.05) is 0 Å². The summed E-state index contributed by atoms with van der Waals surface area (Å²) >= 11 is 1.59. The minimum atomic E-state index is 0.209. The normalized spacial score (nSPS) is 12.3. The predicted octanol–water partition coefficient (Wildman–Crippen LogP) is 5.51. The van der Waals surface area contributed by atoms with Gasteiger partial charge in [-0.2, -0.15) is 0 Å². The SMILES string of the molecule is CC[C@H](C)N(Cc1csc(COc2ccc(C)c(C)c2)n1)C(=O)CC(C)C. The molecule has 1 aromatic heterocycles. The van der Waals surface area contributed by atoms with Gasteiger partial charge in [0, 0.05) is 17.8 Å². The summed E-state index contributed by atoms with van der Waals surface area (Å²) in [5.74, 6) is 1.44. The van der Waals surface area contributed by atoms with E-state index in [-0.39, 0.29) is 11.9 Å². The number of carbonyl (C=O) groups excluding carboxylic acids is 1. The van der Waals surface area contributed by atoms with Gasteiger partial charge in [0.15, 0.2) is 0 Å². The van der Waals surface area contributed by atoms with Crippen molar-refractivity contribution >= 4 is 17.2 Å². The topological polar surface area (TPSA) is 42.4 Å². The van der Waals surface area contributed by atoms with Crippen LogP contribution in [0, 0.1) is 19.8 Å². The average Bonchev–Trinajstić information content (AvgIpc) is 3.07. The Morgan fingerprint density at radius 1 is 1.22 bits per heavy atom. The molecule has 0 unspecified atom stereocenters. The van der Waals surface area contributed by atoms with Crippen LogP contribution in [0.2, 0.25) is 0 Å². The number of amides is 1. The molecular weight excluding hydrogens is 356 g/mol. The zero-order valence-electron chi connectivity index (χ0n) is 17.4. The van der Waals surface area contributed by atoms with Gasteiger partial charge < -0.3 is 9.64 Å². The maximum atomic E-state index is 12.6. The van der Waals surface area contributed by atoms with Crippen LogP contribution < -0.4 is 4.74 Å². The molecule has 0 aliphatic heterocycles. The summed E-state index contributed by atoms with van der Waals surface area (Å²) in [7, 11) is 0. The van der Waals surface area contributed by atoms with Gasteiger partial charge in [0.1, 0.15) is 17.4 Å². The van der Waals surface area contributed by atoms with Gasteiger partial charge in [-0.3, -0.25) is 4.79 Å². The van der Waals surface area contributed by atoms with Crippen LogP contribution in [0.15, 0.2) is 23.6 Å². The first kappa shape index (κ1) is 21.4. The third kappa shape index (κ3) is 6.35. The maximum Gasteiger partial charge on any atom is 0.223 e.